The number of nitrogens with zero attached hydrogens (tertiary/aromatic N) is 1. The highest BCUT2D eigenvalue weighted by molar-refractivity contribution is 6.03. The molecule has 146 valence electrons. The number of urea groups is 1. The summed E-state index contributed by atoms with van der Waals surface area (Å²) < 4.78 is 23.7. The lowest BCUT2D eigenvalue weighted by Crippen LogP contribution is -2.48. The number of ether oxygens (including phenoxy) is 2. The predicted octanol–water partition coefficient (Wildman–Crippen LogP) is 3.94. The number of methoxy groups -OCH3 is 1. The zero-order valence-corrected chi connectivity index (χ0v) is 15.9. The van der Waals surface area contributed by atoms with Crippen LogP contribution in [-0.4, -0.2) is 25.7 Å². The molecule has 0 radical (unpaired) electrons. The van der Waals surface area contributed by atoms with Gasteiger partial charge in [0.15, 0.2) is 0 Å². The lowest BCUT2D eigenvalue weighted by atomic mass is 9.94. The molecular weight excluding hydrogens is 363 g/mol. The Morgan fingerprint density at radius 3 is 2.36 bits per heavy atom. The van der Waals surface area contributed by atoms with Crippen LogP contribution < -0.4 is 15.0 Å². The molecule has 0 spiro atoms. The normalized spacial score (nSPS) is 16.6. The fraction of sp³-hybridized carbons (Fsp3) is 0.238. The fourth-order valence-electron chi connectivity index (χ4n) is 3.16. The van der Waals surface area contributed by atoms with Gasteiger partial charge in [0.25, 0.3) is 0 Å². The van der Waals surface area contributed by atoms with Crippen LogP contribution in [-0.2, 0) is 9.53 Å². The van der Waals surface area contributed by atoms with Crippen LogP contribution in [0.2, 0.25) is 0 Å². The molecule has 2 amide bonds. The molecule has 1 N–H and O–H groups in total. The maximum absolute atomic E-state index is 13.3. The average molecular weight is 384 g/mol. The average Bonchev–Trinajstić information content (AvgIpc) is 2.68. The molecule has 3 rings (SSSR count). The van der Waals surface area contributed by atoms with E-state index in [4.69, 9.17) is 9.47 Å². The molecule has 7 heteroatoms. The van der Waals surface area contributed by atoms with E-state index in [0.29, 0.717) is 28.3 Å². The van der Waals surface area contributed by atoms with E-state index in [1.807, 2.05) is 0 Å². The van der Waals surface area contributed by atoms with Gasteiger partial charge in [0.1, 0.15) is 11.6 Å². The number of hydrogen-bond donors (Lipinski definition) is 1. The van der Waals surface area contributed by atoms with Crippen molar-refractivity contribution in [3.8, 4) is 5.75 Å². The van der Waals surface area contributed by atoms with E-state index < -0.39 is 23.9 Å². The second-order valence-electron chi connectivity index (χ2n) is 6.19. The number of nitrogens with one attached hydrogen (secondary N) is 1. The lowest BCUT2D eigenvalue weighted by molar-refractivity contribution is -0.139. The van der Waals surface area contributed by atoms with Gasteiger partial charge in [0.2, 0.25) is 0 Å². The van der Waals surface area contributed by atoms with Gasteiger partial charge in [-0.2, -0.15) is 0 Å². The summed E-state index contributed by atoms with van der Waals surface area (Å²) >= 11 is 0. The summed E-state index contributed by atoms with van der Waals surface area (Å²) in [6.45, 7) is 3.59. The zero-order valence-electron chi connectivity index (χ0n) is 15.9. The summed E-state index contributed by atoms with van der Waals surface area (Å²) in [5.74, 6) is -0.283. The predicted molar refractivity (Wildman–Crippen MR) is 102 cm³/mol. The third-order valence-electron chi connectivity index (χ3n) is 4.51. The van der Waals surface area contributed by atoms with Gasteiger partial charge in [-0.25, -0.2) is 14.0 Å². The van der Waals surface area contributed by atoms with Gasteiger partial charge in [0, 0.05) is 5.70 Å². The first-order valence-electron chi connectivity index (χ1n) is 8.84. The summed E-state index contributed by atoms with van der Waals surface area (Å²) in [6, 6.07) is 11.4. The van der Waals surface area contributed by atoms with Gasteiger partial charge in [-0.3, -0.25) is 4.90 Å². The number of hydrogen-bond acceptors (Lipinski definition) is 4. The van der Waals surface area contributed by atoms with E-state index in [-0.39, 0.29) is 6.61 Å². The Hall–Kier alpha value is -3.35. The number of benzene rings is 2. The zero-order chi connectivity index (χ0) is 20.3. The lowest BCUT2D eigenvalue weighted by Gasteiger charge is -2.35. The SMILES string of the molecule is CCOC(=O)C1=C(C)N(c2ccc(OC)cc2)C(=O)NC1c1ccc(F)cc1. The van der Waals surface area contributed by atoms with Crippen molar-refractivity contribution in [1.82, 2.24) is 5.32 Å². The molecule has 0 aliphatic carbocycles. The summed E-state index contributed by atoms with van der Waals surface area (Å²) in [7, 11) is 1.56. The molecule has 0 aromatic heterocycles. The van der Waals surface area contributed by atoms with E-state index in [1.54, 1.807) is 45.2 Å². The molecule has 1 atom stereocenters. The van der Waals surface area contributed by atoms with Gasteiger partial charge in [0.05, 0.1) is 31.0 Å². The van der Waals surface area contributed by atoms with Crippen LogP contribution >= 0.6 is 0 Å². The summed E-state index contributed by atoms with van der Waals surface area (Å²) in [4.78, 5) is 27.0. The van der Waals surface area contributed by atoms with Crippen molar-refractivity contribution < 1.29 is 23.5 Å². The van der Waals surface area contributed by atoms with Gasteiger partial charge in [-0.1, -0.05) is 12.1 Å². The van der Waals surface area contributed by atoms with Crippen LogP contribution in [0.4, 0.5) is 14.9 Å². The van der Waals surface area contributed by atoms with Crippen LogP contribution in [0.25, 0.3) is 0 Å². The number of anilines is 1. The Bertz CT molecular complexity index is 907. The van der Waals surface area contributed by atoms with Crippen molar-refractivity contribution in [3.05, 3.63) is 71.2 Å². The highest BCUT2D eigenvalue weighted by Crippen LogP contribution is 2.34. The highest BCUT2D eigenvalue weighted by Gasteiger charge is 2.37. The van der Waals surface area contributed by atoms with Crippen LogP contribution in [0.5, 0.6) is 5.75 Å². The maximum atomic E-state index is 13.3. The molecule has 2 aromatic carbocycles. The molecule has 1 aliphatic heterocycles. The molecule has 1 aliphatic rings. The largest absolute Gasteiger partial charge is 0.497 e. The number of halogens is 1. The van der Waals surface area contributed by atoms with Crippen LogP contribution in [0.1, 0.15) is 25.5 Å². The van der Waals surface area contributed by atoms with Crippen LogP contribution in [0.15, 0.2) is 59.8 Å². The van der Waals surface area contributed by atoms with E-state index in [9.17, 15) is 14.0 Å². The maximum Gasteiger partial charge on any atom is 0.338 e. The first kappa shape index (κ1) is 19.4. The number of esters is 1. The number of rotatable bonds is 5. The Morgan fingerprint density at radius 1 is 1.14 bits per heavy atom. The molecule has 0 saturated heterocycles. The molecule has 28 heavy (non-hydrogen) atoms. The van der Waals surface area contributed by atoms with Gasteiger partial charge in [-0.05, 0) is 55.8 Å². The van der Waals surface area contributed by atoms with Gasteiger partial charge in [-0.15, -0.1) is 0 Å². The second-order valence-corrected chi connectivity index (χ2v) is 6.19. The molecule has 1 unspecified atom stereocenters. The Balaban J connectivity index is 2.09. The van der Waals surface area contributed by atoms with Crippen molar-refractivity contribution in [2.24, 2.45) is 0 Å². The molecule has 0 bridgehead atoms. The van der Waals surface area contributed by atoms with Crippen LogP contribution in [0, 0.1) is 5.82 Å². The molecule has 0 fully saturated rings. The van der Waals surface area contributed by atoms with Crippen molar-refractivity contribution in [1.29, 1.82) is 0 Å². The minimum Gasteiger partial charge on any atom is -0.497 e. The van der Waals surface area contributed by atoms with Crippen molar-refractivity contribution >= 4 is 17.7 Å². The number of allylic oxidation sites excluding steroid dienone is 1. The number of amides is 2. The second kappa shape index (κ2) is 8.12. The number of carbonyl (C=O) groups is 2. The molecule has 2 aromatic rings. The van der Waals surface area contributed by atoms with E-state index in [1.165, 1.54) is 29.2 Å². The minimum atomic E-state index is -0.735. The highest BCUT2D eigenvalue weighted by atomic mass is 19.1. The third kappa shape index (κ3) is 3.69. The van der Waals surface area contributed by atoms with Crippen molar-refractivity contribution in [2.45, 2.75) is 19.9 Å². The van der Waals surface area contributed by atoms with Crippen LogP contribution in [0.3, 0.4) is 0 Å². The minimum absolute atomic E-state index is 0.197. The first-order chi connectivity index (χ1) is 13.5. The summed E-state index contributed by atoms with van der Waals surface area (Å²) in [5, 5.41) is 2.82. The molecular formula is C21H21FN2O4. The van der Waals surface area contributed by atoms with Crippen molar-refractivity contribution in [2.75, 3.05) is 18.6 Å². The fourth-order valence-corrected chi connectivity index (χ4v) is 3.16. The molecule has 1 heterocycles. The van der Waals surface area contributed by atoms with Gasteiger partial charge >= 0.3 is 12.0 Å². The first-order valence-corrected chi connectivity index (χ1v) is 8.84. The summed E-state index contributed by atoms with van der Waals surface area (Å²) in [6.07, 6.45) is 0. The molecule has 6 nitrogen and oxygen atoms in total. The van der Waals surface area contributed by atoms with E-state index >= 15 is 0 Å². The topological polar surface area (TPSA) is 67.9 Å². The van der Waals surface area contributed by atoms with Crippen molar-refractivity contribution in [3.63, 3.8) is 0 Å². The van der Waals surface area contributed by atoms with Gasteiger partial charge < -0.3 is 14.8 Å². The Labute approximate surface area is 162 Å². The third-order valence-corrected chi connectivity index (χ3v) is 4.51. The number of carbonyl (C=O) groups excluding carboxylic acids is 2. The Morgan fingerprint density at radius 2 is 1.79 bits per heavy atom. The monoisotopic (exact) mass is 384 g/mol. The summed E-state index contributed by atoms with van der Waals surface area (Å²) in [5.41, 5.74) is 1.91. The quantitative estimate of drug-likeness (QED) is 0.793. The Kier molecular flexibility index (Phi) is 5.63. The standard InChI is InChI=1S/C21H21FN2O4/c1-4-28-20(25)18-13(2)24(16-9-11-17(27-3)12-10-16)21(26)23-19(18)14-5-7-15(22)8-6-14/h5-12,19H,4H2,1-3H3,(H,23,26). The van der Waals surface area contributed by atoms with E-state index in [0.717, 1.165) is 0 Å². The van der Waals surface area contributed by atoms with E-state index in [2.05, 4.69) is 5.32 Å². The smallest absolute Gasteiger partial charge is 0.338 e. The molecule has 0 saturated carbocycles.